The van der Waals surface area contributed by atoms with E-state index >= 15 is 0 Å². The van der Waals surface area contributed by atoms with Crippen molar-refractivity contribution in [1.82, 2.24) is 0 Å². The molecule has 5 heteroatoms. The molecular formula is C67H128O5. The van der Waals surface area contributed by atoms with Gasteiger partial charge < -0.3 is 14.2 Å². The molecule has 0 rings (SSSR count). The molecule has 0 spiro atoms. The number of unbranched alkanes of at least 4 members (excludes halogenated alkanes) is 47. The van der Waals surface area contributed by atoms with Gasteiger partial charge in [-0.15, -0.1) is 0 Å². The second kappa shape index (κ2) is 63.7. The van der Waals surface area contributed by atoms with Crippen LogP contribution in [0.5, 0.6) is 0 Å². The van der Waals surface area contributed by atoms with Crippen LogP contribution in [0.3, 0.4) is 0 Å². The lowest BCUT2D eigenvalue weighted by molar-refractivity contribution is -0.163. The maximum absolute atomic E-state index is 12.9. The minimum absolute atomic E-state index is 0.0921. The van der Waals surface area contributed by atoms with E-state index in [1.807, 2.05) is 0 Å². The van der Waals surface area contributed by atoms with Crippen molar-refractivity contribution in [3.63, 3.8) is 0 Å². The van der Waals surface area contributed by atoms with Gasteiger partial charge in [0.05, 0.1) is 6.61 Å². The monoisotopic (exact) mass is 1010 g/mol. The summed E-state index contributed by atoms with van der Waals surface area (Å²) in [4.78, 5) is 25.6. The fourth-order valence-electron chi connectivity index (χ4n) is 10.1. The zero-order chi connectivity index (χ0) is 52.0. The summed E-state index contributed by atoms with van der Waals surface area (Å²) in [6.07, 6.45) is 77.9. The van der Waals surface area contributed by atoms with Gasteiger partial charge in [-0.25, -0.2) is 0 Å². The lowest BCUT2D eigenvalue weighted by Crippen LogP contribution is -2.30. The van der Waals surface area contributed by atoms with E-state index < -0.39 is 6.10 Å². The number of ether oxygens (including phenoxy) is 3. The second-order valence-corrected chi connectivity index (χ2v) is 22.4. The third-order valence-corrected chi connectivity index (χ3v) is 15.0. The van der Waals surface area contributed by atoms with E-state index in [4.69, 9.17) is 14.2 Å². The summed E-state index contributed by atoms with van der Waals surface area (Å²) in [5.74, 6) is -0.372. The molecule has 0 aromatic rings. The van der Waals surface area contributed by atoms with Crippen LogP contribution in [-0.4, -0.2) is 37.9 Å². The van der Waals surface area contributed by atoms with Crippen molar-refractivity contribution in [2.45, 2.75) is 374 Å². The van der Waals surface area contributed by atoms with Crippen molar-refractivity contribution in [3.05, 3.63) is 24.3 Å². The average Bonchev–Trinajstić information content (AvgIpc) is 3.38. The predicted molar refractivity (Wildman–Crippen MR) is 316 cm³/mol. The number of esters is 2. The molecule has 0 aromatic carbocycles. The molecule has 5 nitrogen and oxygen atoms in total. The van der Waals surface area contributed by atoms with Crippen molar-refractivity contribution in [2.24, 2.45) is 0 Å². The Morgan fingerprint density at radius 1 is 0.306 bits per heavy atom. The van der Waals surface area contributed by atoms with Crippen LogP contribution in [0.2, 0.25) is 0 Å². The van der Waals surface area contributed by atoms with E-state index in [1.165, 1.54) is 295 Å². The number of rotatable bonds is 62. The number of carbonyl (C=O) groups excluding carboxylic acids is 2. The van der Waals surface area contributed by atoms with Gasteiger partial charge >= 0.3 is 11.9 Å². The highest BCUT2D eigenvalue weighted by Crippen LogP contribution is 2.18. The van der Waals surface area contributed by atoms with Gasteiger partial charge in [0.15, 0.2) is 6.10 Å². The zero-order valence-corrected chi connectivity index (χ0v) is 49.2. The maximum atomic E-state index is 12.9. The quantitative estimate of drug-likeness (QED) is 0.0345. The Kier molecular flexibility index (Phi) is 62.2. The smallest absolute Gasteiger partial charge is 0.306 e. The Balaban J connectivity index is 4.21. The van der Waals surface area contributed by atoms with Crippen LogP contribution in [0.15, 0.2) is 24.3 Å². The fraction of sp³-hybridized carbons (Fsp3) is 0.910. The number of hydrogen-bond donors (Lipinski definition) is 0. The summed E-state index contributed by atoms with van der Waals surface area (Å²) in [5, 5.41) is 0. The van der Waals surface area contributed by atoms with Gasteiger partial charge in [-0.1, -0.05) is 328 Å². The van der Waals surface area contributed by atoms with Gasteiger partial charge in [-0.3, -0.25) is 9.59 Å². The molecule has 0 aliphatic heterocycles. The molecule has 0 heterocycles. The third-order valence-electron chi connectivity index (χ3n) is 15.0. The molecular weight excluding hydrogens is 885 g/mol. The Labute approximate surface area is 451 Å². The van der Waals surface area contributed by atoms with E-state index in [-0.39, 0.29) is 18.5 Å². The van der Waals surface area contributed by atoms with E-state index in [1.54, 1.807) is 0 Å². The van der Waals surface area contributed by atoms with Gasteiger partial charge in [0.2, 0.25) is 0 Å². The van der Waals surface area contributed by atoms with Gasteiger partial charge in [0.1, 0.15) is 6.61 Å². The molecule has 0 aliphatic carbocycles. The average molecular weight is 1010 g/mol. The topological polar surface area (TPSA) is 61.8 Å². The molecule has 1 atom stereocenters. The highest BCUT2D eigenvalue weighted by atomic mass is 16.6. The molecule has 0 saturated heterocycles. The molecule has 0 aromatic heterocycles. The molecule has 0 bridgehead atoms. The van der Waals surface area contributed by atoms with E-state index in [2.05, 4.69) is 45.1 Å². The fourth-order valence-corrected chi connectivity index (χ4v) is 10.1. The predicted octanol–water partition coefficient (Wildman–Crippen LogP) is 22.7. The highest BCUT2D eigenvalue weighted by molar-refractivity contribution is 5.70. The normalized spacial score (nSPS) is 12.2. The first kappa shape index (κ1) is 70.4. The molecule has 0 radical (unpaired) electrons. The molecule has 0 amide bonds. The summed E-state index contributed by atoms with van der Waals surface area (Å²) in [6.45, 7) is 7.90. The highest BCUT2D eigenvalue weighted by Gasteiger charge is 2.18. The molecule has 426 valence electrons. The Bertz CT molecular complexity index is 1100. The molecule has 0 N–H and O–H groups in total. The van der Waals surface area contributed by atoms with Crippen molar-refractivity contribution in [1.29, 1.82) is 0 Å². The first-order valence-corrected chi connectivity index (χ1v) is 32.9. The Morgan fingerprint density at radius 2 is 0.583 bits per heavy atom. The Hall–Kier alpha value is -1.62. The van der Waals surface area contributed by atoms with Gasteiger partial charge in [-0.2, -0.15) is 0 Å². The molecule has 72 heavy (non-hydrogen) atoms. The minimum Gasteiger partial charge on any atom is -0.462 e. The van der Waals surface area contributed by atoms with Crippen molar-refractivity contribution in [3.8, 4) is 0 Å². The number of carbonyl (C=O) groups is 2. The van der Waals surface area contributed by atoms with Crippen LogP contribution in [0.4, 0.5) is 0 Å². The van der Waals surface area contributed by atoms with Gasteiger partial charge in [0.25, 0.3) is 0 Å². The number of hydrogen-bond acceptors (Lipinski definition) is 5. The van der Waals surface area contributed by atoms with E-state index in [0.717, 1.165) is 38.5 Å². The summed E-state index contributed by atoms with van der Waals surface area (Å²) < 4.78 is 17.6. The van der Waals surface area contributed by atoms with Crippen LogP contribution in [0.25, 0.3) is 0 Å². The lowest BCUT2D eigenvalue weighted by Gasteiger charge is -2.18. The lowest BCUT2D eigenvalue weighted by atomic mass is 10.0. The first-order valence-electron chi connectivity index (χ1n) is 32.9. The van der Waals surface area contributed by atoms with Gasteiger partial charge in [0, 0.05) is 19.4 Å². The standard InChI is InChI=1S/C67H128O5/c1-4-7-10-13-16-19-22-25-28-31-34-36-39-42-45-48-51-54-57-60-66(68)71-64-65(63-70-62-59-56-53-50-47-44-41-38-33-30-27-24-21-18-15-12-9-6-3)72-67(69)61-58-55-52-49-46-43-40-37-35-32-29-26-23-20-17-14-11-8-5-2/h16,19,25,28,65H,4-15,17-18,20-24,26-27,29-64H2,1-3H3/b19-16-,28-25-. The molecule has 1 unspecified atom stereocenters. The van der Waals surface area contributed by atoms with Crippen LogP contribution < -0.4 is 0 Å². The Morgan fingerprint density at radius 3 is 0.944 bits per heavy atom. The second-order valence-electron chi connectivity index (χ2n) is 22.4. The summed E-state index contributed by atoms with van der Waals surface area (Å²) in [5.41, 5.74) is 0. The largest absolute Gasteiger partial charge is 0.462 e. The summed E-state index contributed by atoms with van der Waals surface area (Å²) >= 11 is 0. The van der Waals surface area contributed by atoms with Gasteiger partial charge in [-0.05, 0) is 51.4 Å². The van der Waals surface area contributed by atoms with Crippen LogP contribution in [0, 0.1) is 0 Å². The zero-order valence-electron chi connectivity index (χ0n) is 49.2. The third kappa shape index (κ3) is 60.9. The van der Waals surface area contributed by atoms with Crippen molar-refractivity contribution >= 4 is 11.9 Å². The van der Waals surface area contributed by atoms with Crippen LogP contribution in [-0.2, 0) is 23.8 Å². The van der Waals surface area contributed by atoms with E-state index in [0.29, 0.717) is 26.1 Å². The first-order chi connectivity index (χ1) is 35.6. The number of allylic oxidation sites excluding steroid dienone is 4. The van der Waals surface area contributed by atoms with Crippen LogP contribution >= 0.6 is 0 Å². The van der Waals surface area contributed by atoms with Crippen LogP contribution in [0.1, 0.15) is 367 Å². The van der Waals surface area contributed by atoms with Crippen molar-refractivity contribution < 1.29 is 23.8 Å². The maximum Gasteiger partial charge on any atom is 0.306 e. The SMILES string of the molecule is CCCCC/C=C\C/C=C\CCCCCCCCCCCC(=O)OCC(COCCCCCCCCCCCCCCCCCCCC)OC(=O)CCCCCCCCCCCCCCCCCCCCC. The molecule has 0 saturated carbocycles. The molecule has 0 aliphatic rings. The molecule has 0 fully saturated rings. The minimum atomic E-state index is -0.532. The van der Waals surface area contributed by atoms with Crippen molar-refractivity contribution in [2.75, 3.05) is 19.8 Å². The summed E-state index contributed by atoms with van der Waals surface area (Å²) in [7, 11) is 0. The van der Waals surface area contributed by atoms with E-state index in [9.17, 15) is 9.59 Å². The summed E-state index contributed by atoms with van der Waals surface area (Å²) in [6, 6.07) is 0.